The molecule has 0 unspecified atom stereocenters. The summed E-state index contributed by atoms with van der Waals surface area (Å²) in [6, 6.07) is 55.7. The highest BCUT2D eigenvalue weighted by atomic mass is 14.8. The van der Waals surface area contributed by atoms with Crippen LogP contribution in [0.2, 0.25) is 0 Å². The van der Waals surface area contributed by atoms with Crippen molar-refractivity contribution in [1.82, 2.24) is 4.98 Å². The van der Waals surface area contributed by atoms with Crippen molar-refractivity contribution in [2.45, 2.75) is 6.92 Å². The Hall–Kier alpha value is -6.38. The van der Waals surface area contributed by atoms with E-state index in [2.05, 4.69) is 176 Å². The third kappa shape index (κ3) is 5.97. The average Bonchev–Trinajstić information content (AvgIpc) is 3.17. The first-order chi connectivity index (χ1) is 24.1. The molecule has 1 heterocycles. The van der Waals surface area contributed by atoms with Gasteiger partial charge in [0.1, 0.15) is 0 Å². The quantitative estimate of drug-likeness (QED) is 0.0981. The largest absolute Gasteiger partial charge is 0.264 e. The molecule has 0 aliphatic carbocycles. The van der Waals surface area contributed by atoms with E-state index in [1.807, 2.05) is 12.3 Å². The van der Waals surface area contributed by atoms with Crippen molar-refractivity contribution in [3.63, 3.8) is 0 Å². The van der Waals surface area contributed by atoms with Crippen molar-refractivity contribution in [3.8, 4) is 22.3 Å². The predicted octanol–water partition coefficient (Wildman–Crippen LogP) is 12.4. The molecule has 8 rings (SSSR count). The van der Waals surface area contributed by atoms with Crippen LogP contribution < -0.4 is 0 Å². The summed E-state index contributed by atoms with van der Waals surface area (Å²) in [6.45, 7) is 6.63. The number of pyridine rings is 1. The first-order valence-corrected chi connectivity index (χ1v) is 16.6. The van der Waals surface area contributed by atoms with Crippen LogP contribution in [-0.4, -0.2) is 10.7 Å². The number of allylic oxidation sites excluding steroid dienone is 2. The lowest BCUT2D eigenvalue weighted by atomic mass is 9.92. The number of aliphatic imine (C=N–C) groups is 1. The molecular formula is C47H34N2. The molecule has 49 heavy (non-hydrogen) atoms. The van der Waals surface area contributed by atoms with Gasteiger partial charge in [0.15, 0.2) is 0 Å². The van der Waals surface area contributed by atoms with Gasteiger partial charge in [-0.1, -0.05) is 146 Å². The van der Waals surface area contributed by atoms with Crippen molar-refractivity contribution >= 4 is 49.3 Å². The Morgan fingerprint density at radius 1 is 0.551 bits per heavy atom. The van der Waals surface area contributed by atoms with E-state index in [1.54, 1.807) is 6.20 Å². The first kappa shape index (κ1) is 30.0. The van der Waals surface area contributed by atoms with Gasteiger partial charge in [0.25, 0.3) is 0 Å². The maximum absolute atomic E-state index is 5.30. The second kappa shape index (κ2) is 13.0. The molecule has 0 radical (unpaired) electrons. The summed E-state index contributed by atoms with van der Waals surface area (Å²) in [7, 11) is 0. The van der Waals surface area contributed by atoms with Gasteiger partial charge in [0.2, 0.25) is 0 Å². The van der Waals surface area contributed by atoms with Gasteiger partial charge in [-0.3, -0.25) is 9.98 Å². The Balaban J connectivity index is 1.20. The topological polar surface area (TPSA) is 25.2 Å². The molecule has 0 N–H and O–H groups in total. The molecule has 2 nitrogen and oxygen atoms in total. The second-order valence-electron chi connectivity index (χ2n) is 12.4. The minimum Gasteiger partial charge on any atom is -0.264 e. The summed E-state index contributed by atoms with van der Waals surface area (Å²) in [6.07, 6.45) is 5.80. The van der Waals surface area contributed by atoms with Crippen molar-refractivity contribution < 1.29 is 0 Å². The molecule has 0 saturated carbocycles. The van der Waals surface area contributed by atoms with Gasteiger partial charge in [-0.25, -0.2) is 0 Å². The van der Waals surface area contributed by atoms with E-state index in [-0.39, 0.29) is 0 Å². The fraction of sp³-hybridized carbons (Fsp3) is 0.0213. The van der Waals surface area contributed by atoms with Crippen molar-refractivity contribution in [2.75, 3.05) is 0 Å². The fourth-order valence-corrected chi connectivity index (χ4v) is 6.76. The molecule has 0 spiro atoms. The first-order valence-electron chi connectivity index (χ1n) is 16.6. The Bertz CT molecular complexity index is 2550. The third-order valence-corrected chi connectivity index (χ3v) is 9.27. The number of fused-ring (bicyclic) bond motifs is 4. The summed E-state index contributed by atoms with van der Waals surface area (Å²) in [5, 5.41) is 7.42. The standard InChI is InChI=1S/C47H34N2/c1-32(34-23-25-36(26-24-34)46-30-38-13-4-6-19-43(38)44-20-7-8-21-45(44)46)28-47(39-16-9-15-37(29-39)40-17-11-27-48-31-40)49-33(2)41-22-10-14-35-12-3-5-18-42(35)41/h3-31H,1H2,2H3/b47-28-,49-33+. The number of nitrogens with zero attached hydrogens (tertiary/aromatic N) is 2. The lowest BCUT2D eigenvalue weighted by Crippen LogP contribution is -1.98. The number of hydrogen-bond donors (Lipinski definition) is 0. The summed E-state index contributed by atoms with van der Waals surface area (Å²) in [5.41, 5.74) is 10.4. The fourth-order valence-electron chi connectivity index (χ4n) is 6.76. The highest BCUT2D eigenvalue weighted by molar-refractivity contribution is 6.14. The molecule has 7 aromatic carbocycles. The average molecular weight is 627 g/mol. The maximum atomic E-state index is 5.30. The molecular weight excluding hydrogens is 593 g/mol. The summed E-state index contributed by atoms with van der Waals surface area (Å²) in [4.78, 5) is 9.64. The molecule has 0 saturated heterocycles. The zero-order chi connectivity index (χ0) is 33.2. The van der Waals surface area contributed by atoms with Crippen LogP contribution in [0.3, 0.4) is 0 Å². The van der Waals surface area contributed by atoms with Gasteiger partial charge >= 0.3 is 0 Å². The Morgan fingerprint density at radius 3 is 2.02 bits per heavy atom. The molecule has 0 aliphatic heterocycles. The monoisotopic (exact) mass is 626 g/mol. The number of rotatable bonds is 7. The summed E-state index contributed by atoms with van der Waals surface area (Å²) < 4.78 is 0. The van der Waals surface area contributed by atoms with Gasteiger partial charge in [0.05, 0.1) is 5.70 Å². The third-order valence-electron chi connectivity index (χ3n) is 9.27. The van der Waals surface area contributed by atoms with E-state index in [4.69, 9.17) is 4.99 Å². The van der Waals surface area contributed by atoms with Crippen molar-refractivity contribution in [1.29, 1.82) is 0 Å². The van der Waals surface area contributed by atoms with E-state index < -0.39 is 0 Å². The molecule has 0 bridgehead atoms. The van der Waals surface area contributed by atoms with Gasteiger partial charge in [-0.2, -0.15) is 0 Å². The Kier molecular flexibility index (Phi) is 7.97. The van der Waals surface area contributed by atoms with Crippen molar-refractivity contribution in [3.05, 3.63) is 199 Å². The number of hydrogen-bond acceptors (Lipinski definition) is 2. The smallest absolute Gasteiger partial charge is 0.0711 e. The van der Waals surface area contributed by atoms with Crippen LogP contribution >= 0.6 is 0 Å². The van der Waals surface area contributed by atoms with Gasteiger partial charge in [0, 0.05) is 34.8 Å². The van der Waals surface area contributed by atoms with Crippen LogP contribution in [0.1, 0.15) is 23.6 Å². The molecule has 0 atom stereocenters. The SMILES string of the molecule is C=C(/C=C(\N=C(/C)c1cccc2ccccc12)c1cccc(-c2cccnc2)c1)c1ccc(-c2cc3ccccc3c3ccccc23)cc1. The van der Waals surface area contributed by atoms with Crippen LogP contribution in [0, 0.1) is 0 Å². The van der Waals surface area contributed by atoms with Crippen LogP contribution in [-0.2, 0) is 0 Å². The van der Waals surface area contributed by atoms with E-state index in [0.717, 1.165) is 44.8 Å². The zero-order valence-corrected chi connectivity index (χ0v) is 27.3. The highest BCUT2D eigenvalue weighted by Crippen LogP contribution is 2.36. The van der Waals surface area contributed by atoms with Crippen LogP contribution in [0.15, 0.2) is 188 Å². The van der Waals surface area contributed by atoms with Gasteiger partial charge in [-0.15, -0.1) is 0 Å². The lowest BCUT2D eigenvalue weighted by molar-refractivity contribution is 1.33. The number of benzene rings is 7. The van der Waals surface area contributed by atoms with Crippen LogP contribution in [0.4, 0.5) is 0 Å². The summed E-state index contributed by atoms with van der Waals surface area (Å²) >= 11 is 0. The van der Waals surface area contributed by atoms with E-state index >= 15 is 0 Å². The Morgan fingerprint density at radius 2 is 1.22 bits per heavy atom. The highest BCUT2D eigenvalue weighted by Gasteiger charge is 2.11. The summed E-state index contributed by atoms with van der Waals surface area (Å²) in [5.74, 6) is 0. The molecule has 1 aromatic heterocycles. The Labute approximate surface area is 287 Å². The molecule has 8 aromatic rings. The van der Waals surface area contributed by atoms with E-state index in [0.29, 0.717) is 0 Å². The van der Waals surface area contributed by atoms with Crippen molar-refractivity contribution in [2.24, 2.45) is 4.99 Å². The molecule has 0 amide bonds. The van der Waals surface area contributed by atoms with E-state index in [1.165, 1.54) is 43.4 Å². The molecule has 232 valence electrons. The normalized spacial score (nSPS) is 12.1. The van der Waals surface area contributed by atoms with Gasteiger partial charge < -0.3 is 0 Å². The second-order valence-corrected chi connectivity index (χ2v) is 12.4. The molecule has 0 fully saturated rings. The van der Waals surface area contributed by atoms with Gasteiger partial charge in [-0.05, 0) is 91.3 Å². The maximum Gasteiger partial charge on any atom is 0.0711 e. The van der Waals surface area contributed by atoms with E-state index in [9.17, 15) is 0 Å². The van der Waals surface area contributed by atoms with Crippen LogP contribution in [0.25, 0.3) is 65.8 Å². The minimum absolute atomic E-state index is 0.853. The lowest BCUT2D eigenvalue weighted by Gasteiger charge is -2.13. The zero-order valence-electron chi connectivity index (χ0n) is 27.3. The molecule has 0 aliphatic rings. The molecule has 2 heteroatoms. The van der Waals surface area contributed by atoms with Crippen LogP contribution in [0.5, 0.6) is 0 Å². The predicted molar refractivity (Wildman–Crippen MR) is 210 cm³/mol. The minimum atomic E-state index is 0.853. The number of aromatic nitrogens is 1.